The average Bonchev–Trinajstić information content (AvgIpc) is 3.19. The molecule has 3 rings (SSSR count). The zero-order valence-corrected chi connectivity index (χ0v) is 20.5. The summed E-state index contributed by atoms with van der Waals surface area (Å²) >= 11 is 1.85. The van der Waals surface area contributed by atoms with Crippen molar-refractivity contribution in [1.29, 1.82) is 0 Å². The fraction of sp³-hybridized carbons (Fsp3) is 0.500. The summed E-state index contributed by atoms with van der Waals surface area (Å²) in [7, 11) is 1.81. The molecule has 160 valence electrons. The maximum atomic E-state index is 9.62. The summed E-state index contributed by atoms with van der Waals surface area (Å²) < 4.78 is 0. The molecular weight excluding hydrogens is 495 g/mol. The molecule has 1 fully saturated rings. The van der Waals surface area contributed by atoms with Crippen LogP contribution >= 0.6 is 35.3 Å². The number of aryl methyl sites for hydroxylation is 1. The van der Waals surface area contributed by atoms with Gasteiger partial charge in [-0.05, 0) is 42.5 Å². The Morgan fingerprint density at radius 1 is 1.03 bits per heavy atom. The monoisotopic (exact) mass is 528 g/mol. The van der Waals surface area contributed by atoms with E-state index in [0.717, 1.165) is 57.9 Å². The highest BCUT2D eigenvalue weighted by Crippen LogP contribution is 2.16. The predicted octanol–water partition coefficient (Wildman–Crippen LogP) is 3.75. The summed E-state index contributed by atoms with van der Waals surface area (Å²) in [6, 6.07) is 13.2. The number of thiophene rings is 1. The van der Waals surface area contributed by atoms with Crippen LogP contribution in [-0.4, -0.2) is 42.2 Å². The second-order valence-electron chi connectivity index (χ2n) is 7.32. The molecule has 1 aromatic carbocycles. The van der Waals surface area contributed by atoms with Gasteiger partial charge in [0.25, 0.3) is 0 Å². The number of aliphatic imine (C=N–C) groups is 1. The van der Waals surface area contributed by atoms with E-state index in [1.165, 1.54) is 20.9 Å². The van der Waals surface area contributed by atoms with Crippen LogP contribution in [0.25, 0.3) is 0 Å². The second kappa shape index (κ2) is 12.5. The molecule has 3 N–H and O–H groups in total. The third-order valence-electron chi connectivity index (χ3n) is 5.17. The first kappa shape index (κ1) is 24.1. The first-order valence-corrected chi connectivity index (χ1v) is 11.0. The lowest BCUT2D eigenvalue weighted by molar-refractivity contribution is 0.0792. The van der Waals surface area contributed by atoms with E-state index in [0.29, 0.717) is 0 Å². The Morgan fingerprint density at radius 3 is 2.28 bits per heavy atom. The molecule has 0 aliphatic carbocycles. The highest BCUT2D eigenvalue weighted by molar-refractivity contribution is 14.0. The molecule has 0 amide bonds. The molecule has 2 heterocycles. The summed E-state index contributed by atoms with van der Waals surface area (Å²) in [5.74, 6) is 0.822. The molecule has 2 aromatic rings. The zero-order valence-electron chi connectivity index (χ0n) is 17.4. The van der Waals surface area contributed by atoms with E-state index in [1.54, 1.807) is 7.05 Å². The summed E-state index contributed by atoms with van der Waals surface area (Å²) in [6.45, 7) is 6.66. The number of likely N-dealkylation sites (tertiary alicyclic amines) is 1. The van der Waals surface area contributed by atoms with Crippen molar-refractivity contribution in [2.45, 2.75) is 51.9 Å². The fourth-order valence-corrected chi connectivity index (χ4v) is 4.28. The first-order valence-electron chi connectivity index (χ1n) is 10.2. The standard InChI is InChI=1S/C22H32N4OS.HI/c1-3-20-8-9-21(28-20)15-25-22(23-2)24-14-17-4-6-18(7-5-17)16-26-12-10-19(27)11-13-26;/h4-9,19,27H,3,10-16H2,1-2H3,(H2,23,24,25);1H. The number of benzene rings is 1. The molecule has 1 aliphatic heterocycles. The minimum absolute atomic E-state index is 0. The maximum Gasteiger partial charge on any atom is 0.191 e. The van der Waals surface area contributed by atoms with Crippen LogP contribution in [0, 0.1) is 0 Å². The number of halogens is 1. The molecule has 0 spiro atoms. The molecule has 5 nitrogen and oxygen atoms in total. The summed E-state index contributed by atoms with van der Waals surface area (Å²) in [4.78, 5) is 9.48. The topological polar surface area (TPSA) is 59.9 Å². The van der Waals surface area contributed by atoms with Crippen LogP contribution in [0.5, 0.6) is 0 Å². The maximum absolute atomic E-state index is 9.62. The predicted molar refractivity (Wildman–Crippen MR) is 133 cm³/mol. The molecule has 0 saturated carbocycles. The van der Waals surface area contributed by atoms with Gasteiger partial charge in [-0.15, -0.1) is 35.3 Å². The van der Waals surface area contributed by atoms with Gasteiger partial charge in [-0.1, -0.05) is 31.2 Å². The van der Waals surface area contributed by atoms with Crippen molar-refractivity contribution in [3.8, 4) is 0 Å². The third kappa shape index (κ3) is 7.88. The fourth-order valence-electron chi connectivity index (χ4n) is 3.38. The Bertz CT molecular complexity index is 754. The molecule has 0 bridgehead atoms. The van der Waals surface area contributed by atoms with E-state index in [-0.39, 0.29) is 30.1 Å². The van der Waals surface area contributed by atoms with Crippen LogP contribution in [0.2, 0.25) is 0 Å². The number of hydrogen-bond acceptors (Lipinski definition) is 4. The zero-order chi connectivity index (χ0) is 19.8. The van der Waals surface area contributed by atoms with Crippen LogP contribution in [0.4, 0.5) is 0 Å². The van der Waals surface area contributed by atoms with E-state index in [2.05, 4.69) is 63.8 Å². The van der Waals surface area contributed by atoms with Crippen LogP contribution in [0.15, 0.2) is 41.4 Å². The lowest BCUT2D eigenvalue weighted by atomic mass is 10.1. The van der Waals surface area contributed by atoms with Crippen molar-refractivity contribution in [1.82, 2.24) is 15.5 Å². The quantitative estimate of drug-likeness (QED) is 0.291. The van der Waals surface area contributed by atoms with E-state index >= 15 is 0 Å². The lowest BCUT2D eigenvalue weighted by Gasteiger charge is -2.29. The molecule has 29 heavy (non-hydrogen) atoms. The Labute approximate surface area is 195 Å². The number of hydrogen-bond donors (Lipinski definition) is 3. The first-order chi connectivity index (χ1) is 13.7. The number of nitrogens with zero attached hydrogens (tertiary/aromatic N) is 2. The van der Waals surface area contributed by atoms with Crippen LogP contribution in [0.3, 0.4) is 0 Å². The van der Waals surface area contributed by atoms with Gasteiger partial charge in [0, 0.05) is 43.0 Å². The number of guanidine groups is 1. The highest BCUT2D eigenvalue weighted by Gasteiger charge is 2.16. The Balaban J connectivity index is 0.00000300. The van der Waals surface area contributed by atoms with Gasteiger partial charge in [0.1, 0.15) is 0 Å². The second-order valence-corrected chi connectivity index (χ2v) is 8.58. The number of aliphatic hydroxyl groups excluding tert-OH is 1. The molecule has 1 aliphatic rings. The van der Waals surface area contributed by atoms with Gasteiger partial charge < -0.3 is 15.7 Å². The molecule has 7 heteroatoms. The highest BCUT2D eigenvalue weighted by atomic mass is 127. The van der Waals surface area contributed by atoms with E-state index in [9.17, 15) is 5.11 Å². The van der Waals surface area contributed by atoms with E-state index < -0.39 is 0 Å². The van der Waals surface area contributed by atoms with Crippen LogP contribution in [0.1, 0.15) is 40.6 Å². The third-order valence-corrected chi connectivity index (χ3v) is 6.40. The van der Waals surface area contributed by atoms with Crippen molar-refractivity contribution >= 4 is 41.3 Å². The summed E-state index contributed by atoms with van der Waals surface area (Å²) in [6.07, 6.45) is 2.76. The van der Waals surface area contributed by atoms with E-state index in [1.807, 2.05) is 11.3 Å². The minimum Gasteiger partial charge on any atom is -0.393 e. The SMILES string of the molecule is CCc1ccc(CNC(=NC)NCc2ccc(CN3CCC(O)CC3)cc2)s1.I. The number of rotatable bonds is 7. The van der Waals surface area contributed by atoms with Gasteiger partial charge in [0.2, 0.25) is 0 Å². The van der Waals surface area contributed by atoms with Gasteiger partial charge >= 0.3 is 0 Å². The molecule has 0 unspecified atom stereocenters. The van der Waals surface area contributed by atoms with Crippen molar-refractivity contribution in [3.63, 3.8) is 0 Å². The van der Waals surface area contributed by atoms with Gasteiger partial charge in [-0.2, -0.15) is 0 Å². The van der Waals surface area contributed by atoms with Crippen molar-refractivity contribution in [2.24, 2.45) is 4.99 Å². The van der Waals surface area contributed by atoms with Gasteiger partial charge in [-0.25, -0.2) is 0 Å². The van der Waals surface area contributed by atoms with Crippen LogP contribution < -0.4 is 10.6 Å². The molecule has 0 atom stereocenters. The Kier molecular flexibility index (Phi) is 10.4. The smallest absolute Gasteiger partial charge is 0.191 e. The summed E-state index contributed by atoms with van der Waals surface area (Å²) in [5, 5.41) is 16.4. The number of aliphatic hydroxyl groups is 1. The molecule has 1 aromatic heterocycles. The summed E-state index contributed by atoms with van der Waals surface area (Å²) in [5.41, 5.74) is 2.57. The average molecular weight is 529 g/mol. The van der Waals surface area contributed by atoms with Gasteiger partial charge in [0.05, 0.1) is 12.6 Å². The van der Waals surface area contributed by atoms with Crippen molar-refractivity contribution in [2.75, 3.05) is 20.1 Å². The number of nitrogens with one attached hydrogen (secondary N) is 2. The minimum atomic E-state index is -0.110. The Hall–Kier alpha value is -1.16. The van der Waals surface area contributed by atoms with Gasteiger partial charge in [-0.3, -0.25) is 9.89 Å². The van der Waals surface area contributed by atoms with Crippen LogP contribution in [-0.2, 0) is 26.1 Å². The normalized spacial score (nSPS) is 15.8. The Morgan fingerprint density at radius 2 is 1.66 bits per heavy atom. The largest absolute Gasteiger partial charge is 0.393 e. The molecule has 1 saturated heterocycles. The number of piperidine rings is 1. The van der Waals surface area contributed by atoms with Gasteiger partial charge in [0.15, 0.2) is 5.96 Å². The van der Waals surface area contributed by atoms with Crippen molar-refractivity contribution in [3.05, 3.63) is 57.3 Å². The molecular formula is C22H33IN4OS. The lowest BCUT2D eigenvalue weighted by Crippen LogP contribution is -2.36. The van der Waals surface area contributed by atoms with Crippen molar-refractivity contribution < 1.29 is 5.11 Å². The van der Waals surface area contributed by atoms with E-state index in [4.69, 9.17) is 0 Å². The molecule has 0 radical (unpaired) electrons.